The first-order chi connectivity index (χ1) is 8.95. The van der Waals surface area contributed by atoms with E-state index in [4.69, 9.17) is 17.3 Å². The smallest absolute Gasteiger partial charge is 0.245 e. The van der Waals surface area contributed by atoms with Crippen LogP contribution in [0, 0.1) is 5.92 Å². The predicted molar refractivity (Wildman–Crippen MR) is 74.4 cm³/mol. The lowest BCUT2D eigenvalue weighted by Crippen LogP contribution is -2.41. The number of sulfonamides is 1. The quantitative estimate of drug-likeness (QED) is 0.825. The molecule has 19 heavy (non-hydrogen) atoms. The normalized spacial score (nSPS) is 21.5. The van der Waals surface area contributed by atoms with Crippen LogP contribution in [0.4, 0.5) is 5.69 Å². The van der Waals surface area contributed by atoms with E-state index in [0.717, 1.165) is 12.8 Å². The Kier molecular flexibility index (Phi) is 4.35. The molecule has 1 heterocycles. The SMILES string of the molecule is Nc1ccc(Cl)cc1S(=O)(=O)N1CCCC(CO)C1. The van der Waals surface area contributed by atoms with E-state index < -0.39 is 10.0 Å². The summed E-state index contributed by atoms with van der Waals surface area (Å²) in [5.74, 6) is -0.0102. The van der Waals surface area contributed by atoms with Gasteiger partial charge in [0.25, 0.3) is 0 Å². The Labute approximate surface area is 118 Å². The molecule has 7 heteroatoms. The lowest BCUT2D eigenvalue weighted by molar-refractivity contribution is 0.165. The van der Waals surface area contributed by atoms with Crippen LogP contribution in [0.25, 0.3) is 0 Å². The minimum absolute atomic E-state index is 0.00293. The maximum Gasteiger partial charge on any atom is 0.245 e. The molecular weight excluding hydrogens is 288 g/mol. The van der Waals surface area contributed by atoms with E-state index >= 15 is 0 Å². The van der Waals surface area contributed by atoms with Gasteiger partial charge in [0.05, 0.1) is 5.69 Å². The fourth-order valence-corrected chi connectivity index (χ4v) is 4.20. The highest BCUT2D eigenvalue weighted by Crippen LogP contribution is 2.28. The summed E-state index contributed by atoms with van der Waals surface area (Å²) in [7, 11) is -3.65. The molecule has 0 aromatic heterocycles. The lowest BCUT2D eigenvalue weighted by Gasteiger charge is -2.31. The molecule has 1 saturated heterocycles. The topological polar surface area (TPSA) is 83.6 Å². The van der Waals surface area contributed by atoms with Crippen LogP contribution in [0.3, 0.4) is 0 Å². The number of aliphatic hydroxyl groups is 1. The molecule has 0 saturated carbocycles. The van der Waals surface area contributed by atoms with Crippen LogP contribution in [0.15, 0.2) is 23.1 Å². The lowest BCUT2D eigenvalue weighted by atomic mass is 10.0. The number of hydrogen-bond donors (Lipinski definition) is 2. The molecule has 1 aromatic carbocycles. The van der Waals surface area contributed by atoms with Gasteiger partial charge in [0, 0.05) is 24.7 Å². The minimum atomic E-state index is -3.65. The Balaban J connectivity index is 2.34. The fraction of sp³-hybridized carbons (Fsp3) is 0.500. The zero-order valence-corrected chi connectivity index (χ0v) is 12.0. The van der Waals surface area contributed by atoms with Gasteiger partial charge in [0.1, 0.15) is 4.90 Å². The van der Waals surface area contributed by atoms with Crippen molar-refractivity contribution in [2.24, 2.45) is 5.92 Å². The molecule has 1 aliphatic rings. The van der Waals surface area contributed by atoms with Crippen molar-refractivity contribution in [2.75, 3.05) is 25.4 Å². The van der Waals surface area contributed by atoms with E-state index in [1.54, 1.807) is 6.07 Å². The van der Waals surface area contributed by atoms with Crippen LogP contribution in [-0.2, 0) is 10.0 Å². The first kappa shape index (κ1) is 14.6. The van der Waals surface area contributed by atoms with Crippen LogP contribution in [-0.4, -0.2) is 37.5 Å². The molecule has 0 aliphatic carbocycles. The van der Waals surface area contributed by atoms with Gasteiger partial charge in [-0.25, -0.2) is 8.42 Å². The second-order valence-electron chi connectivity index (χ2n) is 4.74. The number of nitrogens with zero attached hydrogens (tertiary/aromatic N) is 1. The van der Waals surface area contributed by atoms with Crippen LogP contribution in [0.5, 0.6) is 0 Å². The number of piperidine rings is 1. The molecule has 1 aromatic rings. The molecule has 0 spiro atoms. The molecule has 1 atom stereocenters. The van der Waals surface area contributed by atoms with Crippen molar-refractivity contribution < 1.29 is 13.5 Å². The summed E-state index contributed by atoms with van der Waals surface area (Å²) in [4.78, 5) is 0.0404. The van der Waals surface area contributed by atoms with Crippen molar-refractivity contribution in [3.63, 3.8) is 0 Å². The van der Waals surface area contributed by atoms with Gasteiger partial charge >= 0.3 is 0 Å². The molecule has 2 rings (SSSR count). The molecule has 1 aliphatic heterocycles. The second kappa shape index (κ2) is 5.66. The van der Waals surface area contributed by atoms with E-state index in [2.05, 4.69) is 0 Å². The minimum Gasteiger partial charge on any atom is -0.398 e. The van der Waals surface area contributed by atoms with E-state index in [0.29, 0.717) is 18.1 Å². The number of aliphatic hydroxyl groups excluding tert-OH is 1. The summed E-state index contributed by atoms with van der Waals surface area (Å²) in [5, 5.41) is 9.51. The maximum absolute atomic E-state index is 12.5. The van der Waals surface area contributed by atoms with E-state index in [-0.39, 0.29) is 23.1 Å². The van der Waals surface area contributed by atoms with Gasteiger partial charge < -0.3 is 10.8 Å². The van der Waals surface area contributed by atoms with Gasteiger partial charge in [-0.3, -0.25) is 0 Å². The average molecular weight is 305 g/mol. The van der Waals surface area contributed by atoms with Gasteiger partial charge in [0.2, 0.25) is 10.0 Å². The summed E-state index contributed by atoms with van der Waals surface area (Å²) in [6.07, 6.45) is 1.58. The number of nitrogen functional groups attached to an aromatic ring is 1. The Morgan fingerprint density at radius 2 is 2.21 bits per heavy atom. The van der Waals surface area contributed by atoms with E-state index in [1.165, 1.54) is 16.4 Å². The first-order valence-corrected chi connectivity index (χ1v) is 7.93. The monoisotopic (exact) mass is 304 g/mol. The number of nitrogens with two attached hydrogens (primary N) is 1. The summed E-state index contributed by atoms with van der Waals surface area (Å²) in [5.41, 5.74) is 5.93. The standard InChI is InChI=1S/C12H17ClN2O3S/c13-10-3-4-11(14)12(6-10)19(17,18)15-5-1-2-9(7-15)8-16/h3-4,6,9,16H,1-2,5,7-8,14H2. The fourth-order valence-electron chi connectivity index (χ4n) is 2.26. The van der Waals surface area contributed by atoms with Crippen molar-refractivity contribution in [1.29, 1.82) is 0 Å². The Hall–Kier alpha value is -0.820. The van der Waals surface area contributed by atoms with Crippen molar-refractivity contribution >= 4 is 27.3 Å². The number of benzene rings is 1. The zero-order valence-electron chi connectivity index (χ0n) is 10.4. The van der Waals surface area contributed by atoms with Gasteiger partial charge in [-0.05, 0) is 37.0 Å². The number of rotatable bonds is 3. The molecular formula is C12H17ClN2O3S. The molecule has 0 bridgehead atoms. The molecule has 0 amide bonds. The number of hydrogen-bond acceptors (Lipinski definition) is 4. The third kappa shape index (κ3) is 3.02. The van der Waals surface area contributed by atoms with Crippen molar-refractivity contribution in [3.05, 3.63) is 23.2 Å². The molecule has 3 N–H and O–H groups in total. The van der Waals surface area contributed by atoms with Crippen molar-refractivity contribution in [1.82, 2.24) is 4.31 Å². The molecule has 1 fully saturated rings. The Morgan fingerprint density at radius 1 is 1.47 bits per heavy atom. The van der Waals surface area contributed by atoms with Gasteiger partial charge in [-0.2, -0.15) is 4.31 Å². The summed E-state index contributed by atoms with van der Waals surface area (Å²) in [6, 6.07) is 4.42. The van der Waals surface area contributed by atoms with Crippen LogP contribution < -0.4 is 5.73 Å². The highest BCUT2D eigenvalue weighted by Gasteiger charge is 2.31. The summed E-state index contributed by atoms with van der Waals surface area (Å²) in [6.45, 7) is 0.770. The van der Waals surface area contributed by atoms with Crippen LogP contribution in [0.2, 0.25) is 5.02 Å². The molecule has 5 nitrogen and oxygen atoms in total. The number of halogens is 1. The Bertz CT molecular complexity index is 562. The summed E-state index contributed by atoms with van der Waals surface area (Å²) < 4.78 is 26.4. The van der Waals surface area contributed by atoms with Crippen LogP contribution >= 0.6 is 11.6 Å². The van der Waals surface area contributed by atoms with Gasteiger partial charge in [-0.15, -0.1) is 0 Å². The van der Waals surface area contributed by atoms with Gasteiger partial charge in [-0.1, -0.05) is 11.6 Å². The van der Waals surface area contributed by atoms with Crippen LogP contribution in [0.1, 0.15) is 12.8 Å². The number of anilines is 1. The van der Waals surface area contributed by atoms with Crippen molar-refractivity contribution in [2.45, 2.75) is 17.7 Å². The largest absolute Gasteiger partial charge is 0.398 e. The zero-order chi connectivity index (χ0) is 14.0. The molecule has 0 radical (unpaired) electrons. The van der Waals surface area contributed by atoms with E-state index in [9.17, 15) is 13.5 Å². The maximum atomic E-state index is 12.5. The van der Waals surface area contributed by atoms with Crippen molar-refractivity contribution in [3.8, 4) is 0 Å². The Morgan fingerprint density at radius 3 is 2.89 bits per heavy atom. The summed E-state index contributed by atoms with van der Waals surface area (Å²) >= 11 is 5.84. The first-order valence-electron chi connectivity index (χ1n) is 6.11. The third-order valence-electron chi connectivity index (χ3n) is 3.33. The third-order valence-corrected chi connectivity index (χ3v) is 5.49. The highest BCUT2D eigenvalue weighted by molar-refractivity contribution is 7.89. The molecule has 106 valence electrons. The average Bonchev–Trinajstić information content (AvgIpc) is 2.41. The van der Waals surface area contributed by atoms with E-state index in [1.807, 2.05) is 0 Å². The van der Waals surface area contributed by atoms with Gasteiger partial charge in [0.15, 0.2) is 0 Å². The molecule has 1 unspecified atom stereocenters. The highest BCUT2D eigenvalue weighted by atomic mass is 35.5. The second-order valence-corrected chi connectivity index (χ2v) is 7.08. The predicted octanol–water partition coefficient (Wildman–Crippen LogP) is 1.32.